The quantitative estimate of drug-likeness (QED) is 0.598. The van der Waals surface area contributed by atoms with Crippen LogP contribution in [0.1, 0.15) is 29.0 Å². The summed E-state index contributed by atoms with van der Waals surface area (Å²) in [4.78, 5) is 25.5. The number of carbonyl (C=O) groups is 2. The van der Waals surface area contributed by atoms with E-state index in [1.54, 1.807) is 19.2 Å². The van der Waals surface area contributed by atoms with E-state index in [-0.39, 0.29) is 17.1 Å². The highest BCUT2D eigenvalue weighted by molar-refractivity contribution is 5.95. The summed E-state index contributed by atoms with van der Waals surface area (Å²) in [5.74, 6) is -0.424. The number of piperidine rings is 1. The van der Waals surface area contributed by atoms with E-state index in [1.807, 2.05) is 30.3 Å². The van der Waals surface area contributed by atoms with E-state index in [9.17, 15) is 9.59 Å². The number of furan rings is 1. The van der Waals surface area contributed by atoms with Crippen LogP contribution in [0.2, 0.25) is 0 Å². The molecule has 2 aromatic rings. The van der Waals surface area contributed by atoms with Crippen LogP contribution >= 0.6 is 0 Å². The standard InChI is InChI=1S/C22H29N3O4/c1-28-16-22(9-11-23-12-10-22)15-24-20(26)18(14-17-6-3-2-4-7-17)25-21(27)19-8-5-13-29-19/h2-8,13,18,23H,9-12,14-16H2,1H3,(H,24,26)(H,25,27). The number of nitrogens with one attached hydrogen (secondary N) is 3. The predicted octanol–water partition coefficient (Wildman–Crippen LogP) is 1.75. The Balaban J connectivity index is 1.68. The maximum atomic E-state index is 13.0. The van der Waals surface area contributed by atoms with E-state index in [0.29, 0.717) is 19.6 Å². The third-order valence-corrected chi connectivity index (χ3v) is 5.40. The average Bonchev–Trinajstić information content (AvgIpc) is 3.28. The first-order valence-corrected chi connectivity index (χ1v) is 9.98. The summed E-state index contributed by atoms with van der Waals surface area (Å²) in [5, 5.41) is 9.22. The van der Waals surface area contributed by atoms with Crippen LogP contribution in [-0.4, -0.2) is 51.2 Å². The van der Waals surface area contributed by atoms with Crippen LogP contribution in [0.3, 0.4) is 0 Å². The Kier molecular flexibility index (Phi) is 7.43. The predicted molar refractivity (Wildman–Crippen MR) is 110 cm³/mol. The number of ether oxygens (including phenoxy) is 1. The van der Waals surface area contributed by atoms with Crippen molar-refractivity contribution in [1.82, 2.24) is 16.0 Å². The topological polar surface area (TPSA) is 92.6 Å². The largest absolute Gasteiger partial charge is 0.459 e. The molecule has 0 bridgehead atoms. The molecule has 1 aliphatic heterocycles. The van der Waals surface area contributed by atoms with Gasteiger partial charge < -0.3 is 25.1 Å². The number of hydrogen-bond acceptors (Lipinski definition) is 5. The second-order valence-corrected chi connectivity index (χ2v) is 7.59. The molecule has 2 heterocycles. The van der Waals surface area contributed by atoms with E-state index >= 15 is 0 Å². The molecule has 1 aromatic carbocycles. The Morgan fingerprint density at radius 1 is 1.17 bits per heavy atom. The lowest BCUT2D eigenvalue weighted by Gasteiger charge is -2.37. The van der Waals surface area contributed by atoms with E-state index in [4.69, 9.17) is 9.15 Å². The molecular formula is C22H29N3O4. The van der Waals surface area contributed by atoms with Gasteiger partial charge in [0, 0.05) is 25.5 Å². The zero-order valence-electron chi connectivity index (χ0n) is 16.8. The number of carbonyl (C=O) groups excluding carboxylic acids is 2. The lowest BCUT2D eigenvalue weighted by atomic mass is 9.79. The van der Waals surface area contributed by atoms with Gasteiger partial charge in [0.15, 0.2) is 5.76 Å². The first-order valence-electron chi connectivity index (χ1n) is 9.98. The summed E-state index contributed by atoms with van der Waals surface area (Å²) in [6.45, 7) is 2.92. The molecule has 156 valence electrons. The van der Waals surface area contributed by atoms with Gasteiger partial charge in [-0.25, -0.2) is 0 Å². The van der Waals surface area contributed by atoms with Crippen molar-refractivity contribution in [3.63, 3.8) is 0 Å². The zero-order valence-corrected chi connectivity index (χ0v) is 16.8. The van der Waals surface area contributed by atoms with Crippen molar-refractivity contribution in [2.75, 3.05) is 33.4 Å². The molecule has 1 aromatic heterocycles. The summed E-state index contributed by atoms with van der Waals surface area (Å²) in [7, 11) is 1.69. The van der Waals surface area contributed by atoms with Gasteiger partial charge in [-0.3, -0.25) is 9.59 Å². The minimum atomic E-state index is -0.698. The van der Waals surface area contributed by atoms with Crippen LogP contribution < -0.4 is 16.0 Å². The molecule has 0 aliphatic carbocycles. The fourth-order valence-corrected chi connectivity index (χ4v) is 3.73. The number of rotatable bonds is 9. The van der Waals surface area contributed by atoms with Gasteiger partial charge in [0.25, 0.3) is 5.91 Å². The second-order valence-electron chi connectivity index (χ2n) is 7.59. The van der Waals surface area contributed by atoms with Crippen molar-refractivity contribution in [3.8, 4) is 0 Å². The van der Waals surface area contributed by atoms with Crippen molar-refractivity contribution < 1.29 is 18.7 Å². The molecule has 0 saturated carbocycles. The Hall–Kier alpha value is -2.64. The molecule has 1 atom stereocenters. The molecule has 1 saturated heterocycles. The minimum absolute atomic E-state index is 0.0853. The number of amides is 2. The molecule has 1 aliphatic rings. The molecule has 7 nitrogen and oxygen atoms in total. The maximum absolute atomic E-state index is 13.0. The molecule has 1 unspecified atom stereocenters. The second kappa shape index (κ2) is 10.2. The highest BCUT2D eigenvalue weighted by Gasteiger charge is 2.33. The minimum Gasteiger partial charge on any atom is -0.459 e. The summed E-state index contributed by atoms with van der Waals surface area (Å²) in [6.07, 6.45) is 3.71. The highest BCUT2D eigenvalue weighted by Crippen LogP contribution is 2.28. The van der Waals surface area contributed by atoms with Crippen LogP contribution in [0, 0.1) is 5.41 Å². The summed E-state index contributed by atoms with van der Waals surface area (Å²) in [6, 6.07) is 12.2. The van der Waals surface area contributed by atoms with Gasteiger partial charge in [0.2, 0.25) is 5.91 Å². The molecule has 0 radical (unpaired) electrons. The first kappa shape index (κ1) is 21.1. The Morgan fingerprint density at radius 2 is 1.93 bits per heavy atom. The summed E-state index contributed by atoms with van der Waals surface area (Å²) < 4.78 is 10.6. The molecule has 0 spiro atoms. The third kappa shape index (κ3) is 5.92. The van der Waals surface area contributed by atoms with Crippen molar-refractivity contribution in [2.45, 2.75) is 25.3 Å². The van der Waals surface area contributed by atoms with Gasteiger partial charge in [-0.15, -0.1) is 0 Å². The molecule has 2 amide bonds. The molecule has 1 fully saturated rings. The van der Waals surface area contributed by atoms with Gasteiger partial charge in [0.1, 0.15) is 6.04 Å². The molecule has 3 N–H and O–H groups in total. The van der Waals surface area contributed by atoms with Crippen LogP contribution in [-0.2, 0) is 16.0 Å². The summed E-state index contributed by atoms with van der Waals surface area (Å²) >= 11 is 0. The van der Waals surface area contributed by atoms with Crippen LogP contribution in [0.15, 0.2) is 53.1 Å². The molecular weight excluding hydrogens is 370 g/mol. The fraction of sp³-hybridized carbons (Fsp3) is 0.455. The van der Waals surface area contributed by atoms with Crippen molar-refractivity contribution in [1.29, 1.82) is 0 Å². The smallest absolute Gasteiger partial charge is 0.287 e. The van der Waals surface area contributed by atoms with Gasteiger partial charge in [-0.2, -0.15) is 0 Å². The number of benzene rings is 1. The lowest BCUT2D eigenvalue weighted by Crippen LogP contribution is -2.52. The van der Waals surface area contributed by atoms with Crippen LogP contribution in [0.4, 0.5) is 0 Å². The SMILES string of the molecule is COCC1(CNC(=O)C(Cc2ccccc2)NC(=O)c2ccco2)CCNCC1. The van der Waals surface area contributed by atoms with Crippen molar-refractivity contribution in [3.05, 3.63) is 60.1 Å². The monoisotopic (exact) mass is 399 g/mol. The van der Waals surface area contributed by atoms with E-state index in [0.717, 1.165) is 31.5 Å². The van der Waals surface area contributed by atoms with Crippen molar-refractivity contribution in [2.24, 2.45) is 5.41 Å². The van der Waals surface area contributed by atoms with Gasteiger partial charge in [-0.1, -0.05) is 30.3 Å². The third-order valence-electron chi connectivity index (χ3n) is 5.40. The lowest BCUT2D eigenvalue weighted by molar-refractivity contribution is -0.123. The normalized spacial score (nSPS) is 16.7. The Morgan fingerprint density at radius 3 is 2.59 bits per heavy atom. The fourth-order valence-electron chi connectivity index (χ4n) is 3.73. The van der Waals surface area contributed by atoms with E-state index in [2.05, 4.69) is 16.0 Å². The highest BCUT2D eigenvalue weighted by atomic mass is 16.5. The number of methoxy groups -OCH3 is 1. The van der Waals surface area contributed by atoms with Crippen LogP contribution in [0.5, 0.6) is 0 Å². The maximum Gasteiger partial charge on any atom is 0.287 e. The molecule has 29 heavy (non-hydrogen) atoms. The number of hydrogen-bond donors (Lipinski definition) is 3. The molecule has 7 heteroatoms. The van der Waals surface area contributed by atoms with E-state index < -0.39 is 11.9 Å². The Labute approximate surface area is 171 Å². The van der Waals surface area contributed by atoms with Gasteiger partial charge in [-0.05, 0) is 43.6 Å². The summed E-state index contributed by atoms with van der Waals surface area (Å²) in [5.41, 5.74) is 0.888. The Bertz CT molecular complexity index is 765. The zero-order chi connectivity index (χ0) is 20.5. The van der Waals surface area contributed by atoms with Gasteiger partial charge >= 0.3 is 0 Å². The van der Waals surface area contributed by atoms with Crippen LogP contribution in [0.25, 0.3) is 0 Å². The first-order chi connectivity index (χ1) is 14.1. The van der Waals surface area contributed by atoms with E-state index in [1.165, 1.54) is 6.26 Å². The van der Waals surface area contributed by atoms with Crippen molar-refractivity contribution >= 4 is 11.8 Å². The van der Waals surface area contributed by atoms with Gasteiger partial charge in [0.05, 0.1) is 12.9 Å². The average molecular weight is 399 g/mol. The molecule has 3 rings (SSSR count).